The molecule has 11 heavy (non-hydrogen) atoms. The van der Waals surface area contributed by atoms with Gasteiger partial charge in [0.1, 0.15) is 5.69 Å². The normalized spacial score (nSPS) is 10.5. The van der Waals surface area contributed by atoms with Crippen molar-refractivity contribution in [2.75, 3.05) is 0 Å². The molecular formula is C6H4N2O2S. The molecule has 0 aliphatic rings. The van der Waals surface area contributed by atoms with E-state index in [9.17, 15) is 4.79 Å². The molecule has 0 spiro atoms. The number of carbonyl (C=O) groups is 1. The van der Waals surface area contributed by atoms with E-state index in [-0.39, 0.29) is 5.69 Å². The zero-order chi connectivity index (χ0) is 7.84. The molecule has 0 atom stereocenters. The maximum atomic E-state index is 10.4. The molecule has 2 aromatic heterocycles. The van der Waals surface area contributed by atoms with Crippen LogP contribution in [0.25, 0.3) is 10.2 Å². The van der Waals surface area contributed by atoms with Crippen molar-refractivity contribution in [3.8, 4) is 0 Å². The third kappa shape index (κ3) is 0.894. The summed E-state index contributed by atoms with van der Waals surface area (Å²) in [6, 6.07) is 1.58. The average Bonchev–Trinajstić information content (AvgIpc) is 2.40. The number of nitrogens with one attached hydrogen (secondary N) is 1. The molecule has 0 aliphatic carbocycles. The van der Waals surface area contributed by atoms with Crippen molar-refractivity contribution >= 4 is 27.7 Å². The van der Waals surface area contributed by atoms with Gasteiger partial charge in [0.05, 0.1) is 16.4 Å². The standard InChI is InChI=1S/C6H4N2O2S/c9-6(10)3-1-5-4(8-3)2-7-11-5/h1-2,8H,(H,9,10). The van der Waals surface area contributed by atoms with Crippen molar-refractivity contribution in [2.24, 2.45) is 0 Å². The zero-order valence-electron chi connectivity index (χ0n) is 5.37. The summed E-state index contributed by atoms with van der Waals surface area (Å²) in [6.45, 7) is 0. The molecule has 0 bridgehead atoms. The molecule has 0 amide bonds. The summed E-state index contributed by atoms with van der Waals surface area (Å²) >= 11 is 1.28. The number of rotatable bonds is 1. The van der Waals surface area contributed by atoms with E-state index in [1.807, 2.05) is 0 Å². The maximum absolute atomic E-state index is 10.4. The Morgan fingerprint density at radius 2 is 2.55 bits per heavy atom. The highest BCUT2D eigenvalue weighted by Gasteiger charge is 2.07. The number of aromatic nitrogens is 2. The van der Waals surface area contributed by atoms with Crippen molar-refractivity contribution in [1.29, 1.82) is 0 Å². The van der Waals surface area contributed by atoms with Crippen LogP contribution in [-0.4, -0.2) is 20.4 Å². The van der Waals surface area contributed by atoms with Gasteiger partial charge in [-0.25, -0.2) is 4.79 Å². The van der Waals surface area contributed by atoms with Gasteiger partial charge in [0.15, 0.2) is 0 Å². The Morgan fingerprint density at radius 1 is 1.73 bits per heavy atom. The second-order valence-electron chi connectivity index (χ2n) is 2.09. The minimum atomic E-state index is -0.937. The molecule has 56 valence electrons. The van der Waals surface area contributed by atoms with Gasteiger partial charge in [-0.2, -0.15) is 4.37 Å². The molecular weight excluding hydrogens is 164 g/mol. The summed E-state index contributed by atoms with van der Waals surface area (Å²) in [5.41, 5.74) is 1.00. The summed E-state index contributed by atoms with van der Waals surface area (Å²) in [5, 5.41) is 8.56. The lowest BCUT2D eigenvalue weighted by Crippen LogP contribution is -1.94. The molecule has 5 heteroatoms. The van der Waals surface area contributed by atoms with E-state index in [1.54, 1.807) is 12.3 Å². The third-order valence-corrected chi connectivity index (χ3v) is 2.12. The van der Waals surface area contributed by atoms with Crippen molar-refractivity contribution in [3.63, 3.8) is 0 Å². The highest BCUT2D eigenvalue weighted by Crippen LogP contribution is 2.18. The van der Waals surface area contributed by atoms with E-state index in [0.717, 1.165) is 10.2 Å². The molecule has 0 saturated heterocycles. The van der Waals surface area contributed by atoms with Gasteiger partial charge in [-0.15, -0.1) is 0 Å². The van der Waals surface area contributed by atoms with Crippen LogP contribution in [0.3, 0.4) is 0 Å². The molecule has 4 nitrogen and oxygen atoms in total. The Bertz CT molecular complexity index is 375. The molecule has 0 radical (unpaired) electrons. The molecule has 2 heterocycles. The number of nitrogens with zero attached hydrogens (tertiary/aromatic N) is 1. The number of carboxylic acid groups (broad SMARTS) is 1. The fourth-order valence-corrected chi connectivity index (χ4v) is 1.52. The van der Waals surface area contributed by atoms with Crippen LogP contribution >= 0.6 is 11.5 Å². The summed E-state index contributed by atoms with van der Waals surface area (Å²) in [6.07, 6.45) is 1.62. The van der Waals surface area contributed by atoms with Crippen LogP contribution in [0, 0.1) is 0 Å². The minimum Gasteiger partial charge on any atom is -0.477 e. The first kappa shape index (κ1) is 6.36. The van der Waals surface area contributed by atoms with Gasteiger partial charge in [0.25, 0.3) is 0 Å². The number of hydrogen-bond acceptors (Lipinski definition) is 3. The van der Waals surface area contributed by atoms with E-state index in [1.165, 1.54) is 11.5 Å². The van der Waals surface area contributed by atoms with Gasteiger partial charge in [-0.3, -0.25) is 0 Å². The summed E-state index contributed by atoms with van der Waals surface area (Å²) in [5.74, 6) is -0.937. The number of aromatic amines is 1. The largest absolute Gasteiger partial charge is 0.477 e. The monoisotopic (exact) mass is 168 g/mol. The van der Waals surface area contributed by atoms with Gasteiger partial charge in [-0.05, 0) is 17.6 Å². The maximum Gasteiger partial charge on any atom is 0.352 e. The number of carboxylic acids is 1. The summed E-state index contributed by atoms with van der Waals surface area (Å²) in [7, 11) is 0. The second-order valence-corrected chi connectivity index (χ2v) is 2.93. The van der Waals surface area contributed by atoms with Gasteiger partial charge >= 0.3 is 5.97 Å². The Labute approximate surface area is 65.6 Å². The minimum absolute atomic E-state index is 0.216. The Morgan fingerprint density at radius 3 is 3.18 bits per heavy atom. The van der Waals surface area contributed by atoms with Crippen molar-refractivity contribution < 1.29 is 9.90 Å². The van der Waals surface area contributed by atoms with Gasteiger partial charge in [0.2, 0.25) is 0 Å². The number of fused-ring (bicyclic) bond motifs is 1. The number of H-pyrrole nitrogens is 1. The van der Waals surface area contributed by atoms with Gasteiger partial charge in [0, 0.05) is 0 Å². The molecule has 0 fully saturated rings. The lowest BCUT2D eigenvalue weighted by Gasteiger charge is -1.82. The Kier molecular flexibility index (Phi) is 1.19. The van der Waals surface area contributed by atoms with E-state index >= 15 is 0 Å². The van der Waals surface area contributed by atoms with Crippen LogP contribution in [0.2, 0.25) is 0 Å². The van der Waals surface area contributed by atoms with E-state index in [0.29, 0.717) is 0 Å². The second kappa shape index (κ2) is 2.06. The lowest BCUT2D eigenvalue weighted by molar-refractivity contribution is 0.0691. The van der Waals surface area contributed by atoms with E-state index < -0.39 is 5.97 Å². The average molecular weight is 168 g/mol. The van der Waals surface area contributed by atoms with Crippen LogP contribution in [0.5, 0.6) is 0 Å². The van der Waals surface area contributed by atoms with Crippen LogP contribution in [0.1, 0.15) is 10.5 Å². The third-order valence-electron chi connectivity index (χ3n) is 1.37. The highest BCUT2D eigenvalue weighted by atomic mass is 32.1. The molecule has 2 aromatic rings. The number of hydrogen-bond donors (Lipinski definition) is 2. The van der Waals surface area contributed by atoms with E-state index in [4.69, 9.17) is 5.11 Å². The fourth-order valence-electron chi connectivity index (χ4n) is 0.874. The Balaban J connectivity index is 2.67. The van der Waals surface area contributed by atoms with Crippen LogP contribution in [0.4, 0.5) is 0 Å². The smallest absolute Gasteiger partial charge is 0.352 e. The first-order valence-electron chi connectivity index (χ1n) is 2.94. The van der Waals surface area contributed by atoms with Crippen LogP contribution < -0.4 is 0 Å². The molecule has 2 N–H and O–H groups in total. The van der Waals surface area contributed by atoms with Crippen LogP contribution in [0.15, 0.2) is 12.3 Å². The van der Waals surface area contributed by atoms with Crippen molar-refractivity contribution in [2.45, 2.75) is 0 Å². The Hall–Kier alpha value is -1.36. The number of aromatic carboxylic acids is 1. The van der Waals surface area contributed by atoms with Gasteiger partial charge < -0.3 is 10.1 Å². The quantitative estimate of drug-likeness (QED) is 0.674. The predicted octanol–water partition coefficient (Wildman–Crippen LogP) is 1.32. The topological polar surface area (TPSA) is 66.0 Å². The molecule has 2 rings (SSSR count). The first-order chi connectivity index (χ1) is 5.27. The molecule has 0 unspecified atom stereocenters. The molecule has 0 aromatic carbocycles. The summed E-state index contributed by atoms with van der Waals surface area (Å²) < 4.78 is 4.76. The first-order valence-corrected chi connectivity index (χ1v) is 3.71. The molecule has 0 saturated carbocycles. The van der Waals surface area contributed by atoms with E-state index in [2.05, 4.69) is 9.36 Å². The zero-order valence-corrected chi connectivity index (χ0v) is 6.18. The highest BCUT2D eigenvalue weighted by molar-refractivity contribution is 7.13. The lowest BCUT2D eigenvalue weighted by atomic mass is 10.4. The molecule has 0 aliphatic heterocycles. The SMILES string of the molecule is O=C(O)c1cc2sncc2[nH]1. The van der Waals surface area contributed by atoms with Crippen LogP contribution in [-0.2, 0) is 0 Å². The van der Waals surface area contributed by atoms with Crippen molar-refractivity contribution in [3.05, 3.63) is 18.0 Å². The fraction of sp³-hybridized carbons (Fsp3) is 0. The van der Waals surface area contributed by atoms with Crippen molar-refractivity contribution in [1.82, 2.24) is 9.36 Å². The predicted molar refractivity (Wildman–Crippen MR) is 40.9 cm³/mol. The summed E-state index contributed by atoms with van der Waals surface area (Å²) in [4.78, 5) is 13.1. The van der Waals surface area contributed by atoms with Gasteiger partial charge in [-0.1, -0.05) is 0 Å².